The first-order valence-corrected chi connectivity index (χ1v) is 27.9. The molecule has 6 rings (SSSR count). The molecule has 6 unspecified atom stereocenters. The van der Waals surface area contributed by atoms with Crippen LogP contribution in [0.5, 0.6) is 11.5 Å². The van der Waals surface area contributed by atoms with Crippen molar-refractivity contribution in [3.05, 3.63) is 108 Å². The quantitative estimate of drug-likeness (QED) is 0.0277. The number of aliphatic hydroxyl groups is 1. The minimum absolute atomic E-state index is 0.0129. The number of carbonyl (C=O) groups excluding carboxylic acids is 7. The van der Waals surface area contributed by atoms with Crippen molar-refractivity contribution in [3.63, 3.8) is 0 Å². The van der Waals surface area contributed by atoms with Crippen molar-refractivity contribution in [2.24, 2.45) is 11.7 Å². The molecule has 426 valence electrons. The average molecular weight is 1090 g/mol. The predicted octanol–water partition coefficient (Wildman–Crippen LogP) is 4.96. The fraction of sp³-hybridized carbons (Fsp3) is 0.483. The van der Waals surface area contributed by atoms with Gasteiger partial charge in [-0.3, -0.25) is 33.6 Å². The molecule has 2 heterocycles. The second-order valence-corrected chi connectivity index (χ2v) is 20.4. The van der Waals surface area contributed by atoms with Crippen LogP contribution < -0.4 is 37.1 Å². The Morgan fingerprint density at radius 1 is 0.684 bits per heavy atom. The van der Waals surface area contributed by atoms with E-state index >= 15 is 0 Å². The summed E-state index contributed by atoms with van der Waals surface area (Å²) in [5.41, 5.74) is 10.4. The van der Waals surface area contributed by atoms with E-state index in [9.17, 15) is 43.8 Å². The molecular formula is C60H80N8O11. The predicted molar refractivity (Wildman–Crippen MR) is 300 cm³/mol. The second-order valence-electron chi connectivity index (χ2n) is 20.4. The number of benzene rings is 4. The van der Waals surface area contributed by atoms with E-state index in [-0.39, 0.29) is 63.6 Å². The van der Waals surface area contributed by atoms with Gasteiger partial charge in [0.2, 0.25) is 35.4 Å². The molecule has 0 radical (unpaired) electrons. The van der Waals surface area contributed by atoms with Gasteiger partial charge in [-0.2, -0.15) is 0 Å². The van der Waals surface area contributed by atoms with Gasteiger partial charge in [-0.1, -0.05) is 108 Å². The third-order valence-corrected chi connectivity index (χ3v) is 14.4. The average Bonchev–Trinajstić information content (AvgIpc) is 4.14. The van der Waals surface area contributed by atoms with Gasteiger partial charge in [0, 0.05) is 31.6 Å². The summed E-state index contributed by atoms with van der Waals surface area (Å²) in [7, 11) is 0. The summed E-state index contributed by atoms with van der Waals surface area (Å²) in [5, 5.41) is 35.1. The number of rotatable bonds is 28. The number of aromatic hydroxyl groups is 1. The number of nitrogens with two attached hydrogens (primary N) is 1. The lowest BCUT2D eigenvalue weighted by Crippen LogP contribution is -2.61. The minimum atomic E-state index is -1.62. The number of hydrogen-bond donors (Lipinski definition) is 8. The van der Waals surface area contributed by atoms with Crippen molar-refractivity contribution in [1.29, 1.82) is 0 Å². The van der Waals surface area contributed by atoms with E-state index in [4.69, 9.17) is 15.2 Å². The Morgan fingerprint density at radius 2 is 1.27 bits per heavy atom. The molecule has 0 spiro atoms. The van der Waals surface area contributed by atoms with Crippen molar-refractivity contribution in [3.8, 4) is 33.8 Å². The SMILES string of the molecule is CCCCCOc1ccc(-c2ccc(-c3ccc(C(=O)NCC(=O)NC(CC)C(=O)N4CCCC4C(=O)NC(C(=O)NC(CC)C(=O)N4C[C@H](C)CC4C(=O)NC(CC)OCCN)[C@H](O)Cc4ccc(O)cc4)cc3)cc2)cc1. The smallest absolute Gasteiger partial charge is 0.251 e. The normalized spacial score (nSPS) is 17.9. The molecule has 0 saturated carbocycles. The molecule has 2 aliphatic rings. The summed E-state index contributed by atoms with van der Waals surface area (Å²) in [4.78, 5) is 99.7. The van der Waals surface area contributed by atoms with Crippen LogP contribution >= 0.6 is 0 Å². The molecule has 0 bridgehead atoms. The number of carbonyl (C=O) groups is 7. The first-order valence-electron chi connectivity index (χ1n) is 27.9. The summed E-state index contributed by atoms with van der Waals surface area (Å²) < 4.78 is 11.5. The molecule has 8 atom stereocenters. The molecule has 2 aliphatic heterocycles. The van der Waals surface area contributed by atoms with Crippen molar-refractivity contribution < 1.29 is 53.2 Å². The van der Waals surface area contributed by atoms with Crippen LogP contribution in [0.1, 0.15) is 108 Å². The minimum Gasteiger partial charge on any atom is -0.508 e. The van der Waals surface area contributed by atoms with E-state index < -0.39 is 90.4 Å². The number of amides is 7. The van der Waals surface area contributed by atoms with E-state index in [0.717, 1.165) is 47.3 Å². The lowest BCUT2D eigenvalue weighted by molar-refractivity contribution is -0.144. The molecule has 79 heavy (non-hydrogen) atoms. The highest BCUT2D eigenvalue weighted by Crippen LogP contribution is 2.28. The van der Waals surface area contributed by atoms with E-state index in [0.29, 0.717) is 37.0 Å². The topological polar surface area (TPSA) is 271 Å². The van der Waals surface area contributed by atoms with Gasteiger partial charge in [0.05, 0.1) is 25.9 Å². The zero-order valence-corrected chi connectivity index (χ0v) is 46.2. The van der Waals surface area contributed by atoms with Crippen LogP contribution in [-0.4, -0.2) is 143 Å². The van der Waals surface area contributed by atoms with Crippen LogP contribution in [0.3, 0.4) is 0 Å². The van der Waals surface area contributed by atoms with Crippen molar-refractivity contribution in [2.75, 3.05) is 39.4 Å². The van der Waals surface area contributed by atoms with E-state index in [1.807, 2.05) is 74.5 Å². The van der Waals surface area contributed by atoms with E-state index in [1.165, 1.54) is 21.9 Å². The monoisotopic (exact) mass is 1090 g/mol. The highest BCUT2D eigenvalue weighted by molar-refractivity contribution is 5.99. The summed E-state index contributed by atoms with van der Waals surface area (Å²) in [6.45, 7) is 10.5. The maximum Gasteiger partial charge on any atom is 0.251 e. The van der Waals surface area contributed by atoms with Crippen LogP contribution in [0.4, 0.5) is 0 Å². The Morgan fingerprint density at radius 3 is 1.86 bits per heavy atom. The molecule has 2 saturated heterocycles. The molecule has 0 aliphatic carbocycles. The lowest BCUT2D eigenvalue weighted by Gasteiger charge is -2.32. The van der Waals surface area contributed by atoms with Gasteiger partial charge < -0.3 is 61.8 Å². The number of likely N-dealkylation sites (tertiary alicyclic amines) is 2. The van der Waals surface area contributed by atoms with Crippen molar-refractivity contribution >= 4 is 41.4 Å². The lowest BCUT2D eigenvalue weighted by atomic mass is 9.99. The molecule has 19 nitrogen and oxygen atoms in total. The van der Waals surface area contributed by atoms with E-state index in [2.05, 4.69) is 33.5 Å². The van der Waals surface area contributed by atoms with Gasteiger partial charge >= 0.3 is 0 Å². The number of nitrogens with one attached hydrogen (secondary N) is 5. The van der Waals surface area contributed by atoms with Crippen molar-refractivity contribution in [2.45, 2.75) is 141 Å². The molecule has 2 fully saturated rings. The summed E-state index contributed by atoms with van der Waals surface area (Å²) >= 11 is 0. The molecule has 4 aromatic rings. The highest BCUT2D eigenvalue weighted by atomic mass is 16.5. The number of ether oxygens (including phenoxy) is 2. The molecule has 0 aromatic heterocycles. The zero-order valence-electron chi connectivity index (χ0n) is 46.2. The largest absolute Gasteiger partial charge is 0.508 e. The fourth-order valence-electron chi connectivity index (χ4n) is 9.95. The maximum absolute atomic E-state index is 14.3. The molecular weight excluding hydrogens is 1010 g/mol. The molecule has 9 N–H and O–H groups in total. The highest BCUT2D eigenvalue weighted by Gasteiger charge is 2.43. The summed E-state index contributed by atoms with van der Waals surface area (Å²) in [6.07, 6.45) is 2.81. The van der Waals surface area contributed by atoms with Gasteiger partial charge in [0.1, 0.15) is 47.9 Å². The Bertz CT molecular complexity index is 2650. The molecule has 7 amide bonds. The third-order valence-electron chi connectivity index (χ3n) is 14.4. The maximum atomic E-state index is 14.3. The summed E-state index contributed by atoms with van der Waals surface area (Å²) in [5.74, 6) is -3.35. The number of phenols is 1. The summed E-state index contributed by atoms with van der Waals surface area (Å²) in [6, 6.07) is 23.4. The zero-order chi connectivity index (χ0) is 57.0. The Hall–Kier alpha value is -7.35. The van der Waals surface area contributed by atoms with Gasteiger partial charge in [0.25, 0.3) is 5.91 Å². The number of aliphatic hydroxyl groups excluding tert-OH is 1. The van der Waals surface area contributed by atoms with Gasteiger partial charge in [0.15, 0.2) is 0 Å². The van der Waals surface area contributed by atoms with Gasteiger partial charge in [-0.25, -0.2) is 0 Å². The third kappa shape index (κ3) is 17.1. The Kier molecular flexibility index (Phi) is 23.2. The van der Waals surface area contributed by atoms with Crippen molar-refractivity contribution in [1.82, 2.24) is 36.4 Å². The number of nitrogens with zero attached hydrogens (tertiary/aromatic N) is 2. The Labute approximate surface area is 463 Å². The Balaban J connectivity index is 1.05. The number of hydrogen-bond acceptors (Lipinski definition) is 12. The van der Waals surface area contributed by atoms with Gasteiger partial charge in [-0.15, -0.1) is 0 Å². The number of unbranched alkanes of at least 4 members (excludes halogenated alkanes) is 2. The van der Waals surface area contributed by atoms with Crippen LogP contribution in [0.2, 0.25) is 0 Å². The molecule has 4 aromatic carbocycles. The van der Waals surface area contributed by atoms with Crippen LogP contribution in [-0.2, 0) is 39.9 Å². The fourth-order valence-corrected chi connectivity index (χ4v) is 9.95. The number of phenolic OH excluding ortho intramolecular Hbond substituents is 1. The molecule has 19 heteroatoms. The van der Waals surface area contributed by atoms with Crippen LogP contribution in [0, 0.1) is 5.92 Å². The van der Waals surface area contributed by atoms with E-state index in [1.54, 1.807) is 38.1 Å². The standard InChI is InChI=1S/C60H80N8O11/c1-6-10-11-32-78-46-28-24-43(25-29-46)41-18-16-40(17-19-41)42-20-22-44(23-21-42)55(72)62-36-52(71)63-47(7-2)59(76)67-31-12-13-49(67)56(73)66-54(51(70)35-39-14-26-45(69)27-15-39)58(75)64-48(8-3)60(77)68-37-38(5)34-50(68)57(74)65-53(9-4)79-33-30-61/h14-29,38,47-51,53-54,69-70H,6-13,30-37,61H2,1-5H3,(H,62,72)(H,63,71)(H,64,75)(H,65,74)(H,66,73)/t38-,47?,48?,49?,50?,51-,53?,54?/m1/s1. The first-order chi connectivity index (χ1) is 38.1. The van der Waals surface area contributed by atoms with Crippen LogP contribution in [0.25, 0.3) is 22.3 Å². The second kappa shape index (κ2) is 30.1. The van der Waals surface area contributed by atoms with Gasteiger partial charge in [-0.05, 0) is 115 Å². The van der Waals surface area contributed by atoms with Crippen LogP contribution in [0.15, 0.2) is 97.1 Å². The first kappa shape index (κ1) is 60.9.